The summed E-state index contributed by atoms with van der Waals surface area (Å²) >= 11 is 7.40. The molecular formula is C15H15ClO2S. The third-order valence-corrected chi connectivity index (χ3v) is 3.85. The molecule has 0 radical (unpaired) electrons. The first-order chi connectivity index (χ1) is 9.24. The predicted molar refractivity (Wildman–Crippen MR) is 80.1 cm³/mol. The minimum absolute atomic E-state index is 0.296. The average Bonchev–Trinajstić information content (AvgIpc) is 2.45. The minimum Gasteiger partial charge on any atom is -0.491 e. The van der Waals surface area contributed by atoms with Crippen LogP contribution in [0.4, 0.5) is 0 Å². The molecule has 100 valence electrons. The van der Waals surface area contributed by atoms with Gasteiger partial charge in [-0.3, -0.25) is 0 Å². The molecule has 1 unspecified atom stereocenters. The SMILES string of the molecule is OC(COc1ccccc1)CSc1ccc(Cl)cc1. The van der Waals surface area contributed by atoms with Crippen molar-refractivity contribution in [1.29, 1.82) is 0 Å². The van der Waals surface area contributed by atoms with Crippen molar-refractivity contribution in [2.45, 2.75) is 11.0 Å². The molecule has 0 aromatic heterocycles. The van der Waals surface area contributed by atoms with Crippen LogP contribution in [0.2, 0.25) is 5.02 Å². The second-order valence-corrected chi connectivity index (χ2v) is 5.57. The largest absolute Gasteiger partial charge is 0.491 e. The van der Waals surface area contributed by atoms with Crippen molar-refractivity contribution in [3.8, 4) is 5.75 Å². The molecule has 1 N–H and O–H groups in total. The smallest absolute Gasteiger partial charge is 0.119 e. The van der Waals surface area contributed by atoms with E-state index in [1.807, 2.05) is 54.6 Å². The molecule has 2 rings (SSSR count). The van der Waals surface area contributed by atoms with Gasteiger partial charge >= 0.3 is 0 Å². The Hall–Kier alpha value is -1.16. The topological polar surface area (TPSA) is 29.5 Å². The standard InChI is InChI=1S/C15H15ClO2S/c16-12-6-8-15(9-7-12)19-11-13(17)10-18-14-4-2-1-3-5-14/h1-9,13,17H,10-11H2. The molecule has 0 bridgehead atoms. The quantitative estimate of drug-likeness (QED) is 0.820. The van der Waals surface area contributed by atoms with E-state index in [0.717, 1.165) is 15.7 Å². The Morgan fingerprint density at radius 3 is 2.42 bits per heavy atom. The second kappa shape index (κ2) is 7.43. The zero-order valence-corrected chi connectivity index (χ0v) is 11.9. The van der Waals surface area contributed by atoms with Crippen LogP contribution in [-0.2, 0) is 0 Å². The third-order valence-electron chi connectivity index (χ3n) is 2.44. The molecule has 0 saturated heterocycles. The highest BCUT2D eigenvalue weighted by atomic mass is 35.5. The summed E-state index contributed by atoms with van der Waals surface area (Å²) < 4.78 is 5.49. The highest BCUT2D eigenvalue weighted by Gasteiger charge is 2.06. The van der Waals surface area contributed by atoms with Gasteiger partial charge in [-0.2, -0.15) is 0 Å². The third kappa shape index (κ3) is 5.15. The van der Waals surface area contributed by atoms with E-state index in [1.54, 1.807) is 11.8 Å². The molecule has 0 fully saturated rings. The monoisotopic (exact) mass is 294 g/mol. The van der Waals surface area contributed by atoms with Crippen LogP contribution in [0.1, 0.15) is 0 Å². The van der Waals surface area contributed by atoms with E-state index in [-0.39, 0.29) is 0 Å². The van der Waals surface area contributed by atoms with Crippen molar-refractivity contribution in [3.63, 3.8) is 0 Å². The van der Waals surface area contributed by atoms with Crippen LogP contribution in [0.25, 0.3) is 0 Å². The Bertz CT molecular complexity index is 487. The lowest BCUT2D eigenvalue weighted by Crippen LogP contribution is -2.19. The molecule has 0 amide bonds. The van der Waals surface area contributed by atoms with Gasteiger partial charge in [0.2, 0.25) is 0 Å². The van der Waals surface area contributed by atoms with Crippen LogP contribution in [0.15, 0.2) is 59.5 Å². The molecule has 0 aliphatic heterocycles. The Kier molecular flexibility index (Phi) is 5.58. The first kappa shape index (κ1) is 14.3. The normalized spacial score (nSPS) is 12.1. The van der Waals surface area contributed by atoms with Crippen LogP contribution in [0.3, 0.4) is 0 Å². The maximum Gasteiger partial charge on any atom is 0.119 e. The number of halogens is 1. The molecule has 0 saturated carbocycles. The number of para-hydroxylation sites is 1. The van der Waals surface area contributed by atoms with Crippen molar-refractivity contribution in [2.75, 3.05) is 12.4 Å². The maximum atomic E-state index is 9.85. The molecule has 0 heterocycles. The highest BCUT2D eigenvalue weighted by Crippen LogP contribution is 2.21. The zero-order valence-electron chi connectivity index (χ0n) is 10.3. The van der Waals surface area contributed by atoms with Gasteiger partial charge in [-0.05, 0) is 36.4 Å². The van der Waals surface area contributed by atoms with E-state index in [2.05, 4.69) is 0 Å². The Labute approximate surface area is 122 Å². The summed E-state index contributed by atoms with van der Waals surface area (Å²) in [6.45, 7) is 0.296. The summed E-state index contributed by atoms with van der Waals surface area (Å²) in [4.78, 5) is 1.09. The molecule has 0 aliphatic carbocycles. The number of rotatable bonds is 6. The van der Waals surface area contributed by atoms with Crippen LogP contribution in [-0.4, -0.2) is 23.6 Å². The van der Waals surface area contributed by atoms with Crippen LogP contribution in [0.5, 0.6) is 5.75 Å². The van der Waals surface area contributed by atoms with Gasteiger partial charge in [0, 0.05) is 15.7 Å². The molecule has 1 atom stereocenters. The molecule has 19 heavy (non-hydrogen) atoms. The van der Waals surface area contributed by atoms with Crippen LogP contribution < -0.4 is 4.74 Å². The summed E-state index contributed by atoms with van der Waals surface area (Å²) in [6, 6.07) is 17.1. The molecular weight excluding hydrogens is 280 g/mol. The van der Waals surface area contributed by atoms with Crippen molar-refractivity contribution in [1.82, 2.24) is 0 Å². The summed E-state index contributed by atoms with van der Waals surface area (Å²) in [6.07, 6.45) is -0.499. The van der Waals surface area contributed by atoms with Gasteiger partial charge in [0.15, 0.2) is 0 Å². The Balaban J connectivity index is 1.72. The highest BCUT2D eigenvalue weighted by molar-refractivity contribution is 7.99. The van der Waals surface area contributed by atoms with Gasteiger partial charge in [-0.1, -0.05) is 29.8 Å². The van der Waals surface area contributed by atoms with E-state index in [4.69, 9.17) is 16.3 Å². The van der Waals surface area contributed by atoms with Crippen LogP contribution >= 0.6 is 23.4 Å². The molecule has 2 nitrogen and oxygen atoms in total. The van der Waals surface area contributed by atoms with Gasteiger partial charge in [-0.25, -0.2) is 0 Å². The lowest BCUT2D eigenvalue weighted by molar-refractivity contribution is 0.126. The molecule has 0 spiro atoms. The van der Waals surface area contributed by atoms with Gasteiger partial charge < -0.3 is 9.84 Å². The number of hydrogen-bond acceptors (Lipinski definition) is 3. The number of hydrogen-bond donors (Lipinski definition) is 1. The first-order valence-electron chi connectivity index (χ1n) is 5.98. The van der Waals surface area contributed by atoms with Crippen molar-refractivity contribution in [2.24, 2.45) is 0 Å². The lowest BCUT2D eigenvalue weighted by atomic mass is 10.3. The number of ether oxygens (including phenoxy) is 1. The van der Waals surface area contributed by atoms with Crippen molar-refractivity contribution < 1.29 is 9.84 Å². The van der Waals surface area contributed by atoms with Gasteiger partial charge in [0.25, 0.3) is 0 Å². The Morgan fingerprint density at radius 1 is 1.05 bits per heavy atom. The fourth-order valence-corrected chi connectivity index (χ4v) is 2.42. The lowest BCUT2D eigenvalue weighted by Gasteiger charge is -2.12. The maximum absolute atomic E-state index is 9.85. The van der Waals surface area contributed by atoms with E-state index in [0.29, 0.717) is 12.4 Å². The number of benzene rings is 2. The van der Waals surface area contributed by atoms with Gasteiger partial charge in [0.1, 0.15) is 12.4 Å². The van der Waals surface area contributed by atoms with Gasteiger partial charge in [0.05, 0.1) is 6.10 Å². The van der Waals surface area contributed by atoms with E-state index >= 15 is 0 Å². The zero-order chi connectivity index (χ0) is 13.5. The molecule has 2 aromatic carbocycles. The van der Waals surface area contributed by atoms with Crippen LogP contribution in [0, 0.1) is 0 Å². The average molecular weight is 295 g/mol. The number of aliphatic hydroxyl groups is 1. The number of aliphatic hydroxyl groups excluding tert-OH is 1. The summed E-state index contributed by atoms with van der Waals surface area (Å²) in [5.74, 6) is 1.37. The van der Waals surface area contributed by atoms with E-state index in [1.165, 1.54) is 0 Å². The minimum atomic E-state index is -0.499. The van der Waals surface area contributed by atoms with Gasteiger partial charge in [-0.15, -0.1) is 11.8 Å². The second-order valence-electron chi connectivity index (χ2n) is 4.04. The fourth-order valence-electron chi connectivity index (χ4n) is 1.48. The Morgan fingerprint density at radius 2 is 1.74 bits per heavy atom. The predicted octanol–water partition coefficient (Wildman–Crippen LogP) is 3.87. The molecule has 0 aliphatic rings. The van der Waals surface area contributed by atoms with Crippen molar-refractivity contribution >= 4 is 23.4 Å². The van der Waals surface area contributed by atoms with Crippen molar-refractivity contribution in [3.05, 3.63) is 59.6 Å². The molecule has 4 heteroatoms. The first-order valence-corrected chi connectivity index (χ1v) is 7.34. The summed E-state index contributed by atoms with van der Waals surface area (Å²) in [7, 11) is 0. The molecule has 2 aromatic rings. The van der Waals surface area contributed by atoms with E-state index in [9.17, 15) is 5.11 Å². The number of thioether (sulfide) groups is 1. The summed E-state index contributed by atoms with van der Waals surface area (Å²) in [5, 5.41) is 10.6. The fraction of sp³-hybridized carbons (Fsp3) is 0.200. The van der Waals surface area contributed by atoms with E-state index < -0.39 is 6.10 Å². The summed E-state index contributed by atoms with van der Waals surface area (Å²) in [5.41, 5.74) is 0.